The van der Waals surface area contributed by atoms with Crippen LogP contribution in [0, 0.1) is 0 Å². The third-order valence-corrected chi connectivity index (χ3v) is 9.18. The number of carbonyl (C=O) groups is 3. The highest BCUT2D eigenvalue weighted by atomic mass is 16.5. The van der Waals surface area contributed by atoms with Gasteiger partial charge in [-0.15, -0.1) is 0 Å². The summed E-state index contributed by atoms with van der Waals surface area (Å²) >= 11 is 0. The van der Waals surface area contributed by atoms with Gasteiger partial charge < -0.3 is 45.8 Å². The largest absolute Gasteiger partial charge is 0.507 e. The van der Waals surface area contributed by atoms with Crippen molar-refractivity contribution in [2.24, 2.45) is 10.8 Å². The number of methoxy groups -OCH3 is 2. The Kier molecular flexibility index (Phi) is 15.9. The van der Waals surface area contributed by atoms with Crippen LogP contribution in [-0.2, 0) is 22.4 Å². The van der Waals surface area contributed by atoms with Gasteiger partial charge in [0.15, 0.2) is 5.78 Å². The van der Waals surface area contributed by atoms with E-state index in [2.05, 4.69) is 24.0 Å². The van der Waals surface area contributed by atoms with Crippen LogP contribution in [0.3, 0.4) is 0 Å². The molecule has 3 unspecified atom stereocenters. The topological polar surface area (TPSA) is 241 Å². The molecule has 51 heavy (non-hydrogen) atoms. The summed E-state index contributed by atoms with van der Waals surface area (Å²) in [6.07, 6.45) is 2.03. The quantitative estimate of drug-likeness (QED) is 0.0520. The Morgan fingerprint density at radius 2 is 1.71 bits per heavy atom. The number of phenols is 2. The van der Waals surface area contributed by atoms with Crippen molar-refractivity contribution in [3.63, 3.8) is 0 Å². The molecule has 14 nitrogen and oxygen atoms in total. The molecule has 2 aromatic rings. The molecule has 0 aliphatic heterocycles. The lowest BCUT2D eigenvalue weighted by Crippen LogP contribution is -2.47. The molecule has 0 heterocycles. The van der Waals surface area contributed by atoms with Gasteiger partial charge >= 0.3 is 0 Å². The fourth-order valence-corrected chi connectivity index (χ4v) is 5.98. The van der Waals surface area contributed by atoms with Gasteiger partial charge in [-0.05, 0) is 45.1 Å². The lowest BCUT2D eigenvalue weighted by molar-refractivity contribution is -0.121. The van der Waals surface area contributed by atoms with Crippen molar-refractivity contribution < 1.29 is 54.5 Å². The Bertz CT molecular complexity index is 1610. The third-order valence-electron chi connectivity index (χ3n) is 9.18. The van der Waals surface area contributed by atoms with Gasteiger partial charge in [-0.25, -0.2) is 5.43 Å². The van der Waals surface area contributed by atoms with E-state index in [1.165, 1.54) is 26.4 Å². The number of aliphatic hydroxyl groups is 4. The SMILES string of the molecule is C.C=C(CCCC)CCC(=O)N/N=C(\CO)[C@@]1(O)CCc2c(O)c3c(c(O)c2C1)C(=O)c1cccc(OC)c1C3=O.COC(C)C(O)C(N)CO. The number of rotatable bonds is 14. The number of aliphatic hydroxyl groups excluding tert-OH is 3. The second-order valence-electron chi connectivity index (χ2n) is 12.5. The Morgan fingerprint density at radius 1 is 1.06 bits per heavy atom. The fraction of sp³-hybridized carbons (Fsp3) is 0.514. The number of nitrogens with one attached hydrogen (secondary N) is 1. The highest BCUT2D eigenvalue weighted by Gasteiger charge is 2.44. The molecule has 14 heteroatoms. The Balaban J connectivity index is 0.000000716. The summed E-state index contributed by atoms with van der Waals surface area (Å²) in [4.78, 5) is 39.2. The molecule has 4 atom stereocenters. The molecule has 0 aromatic heterocycles. The molecule has 2 aromatic carbocycles. The number of hydrazone groups is 1. The van der Waals surface area contributed by atoms with Crippen LogP contribution in [0.2, 0.25) is 0 Å². The van der Waals surface area contributed by atoms with Crippen LogP contribution in [0.4, 0.5) is 0 Å². The van der Waals surface area contributed by atoms with E-state index < -0.39 is 53.3 Å². The summed E-state index contributed by atoms with van der Waals surface area (Å²) in [7, 11) is 2.85. The number of phenolic OH excluding ortho intramolecular Hbond substituents is 2. The molecule has 0 saturated carbocycles. The molecule has 0 spiro atoms. The number of aromatic hydroxyl groups is 2. The minimum absolute atomic E-state index is 0. The number of hydrogen-bond acceptors (Lipinski definition) is 13. The number of unbranched alkanes of at least 4 members (excludes halogenated alkanes) is 1. The highest BCUT2D eigenvalue weighted by molar-refractivity contribution is 6.31. The molecule has 2 aliphatic carbocycles. The van der Waals surface area contributed by atoms with E-state index >= 15 is 0 Å². The Labute approximate surface area is 298 Å². The van der Waals surface area contributed by atoms with Crippen LogP contribution in [-0.4, -0.2) is 105 Å². The Morgan fingerprint density at radius 3 is 2.29 bits per heavy atom. The third kappa shape index (κ3) is 9.39. The molecule has 0 saturated heterocycles. The summed E-state index contributed by atoms with van der Waals surface area (Å²) in [6.45, 7) is 6.82. The first-order chi connectivity index (χ1) is 23.7. The number of ketones is 2. The molecule has 0 bridgehead atoms. The van der Waals surface area contributed by atoms with Gasteiger partial charge in [0, 0.05) is 36.6 Å². The molecular formula is C37H53N3O11. The predicted molar refractivity (Wildman–Crippen MR) is 191 cm³/mol. The first kappa shape index (κ1) is 43.0. The Hall–Kier alpha value is -4.18. The van der Waals surface area contributed by atoms with E-state index in [4.69, 9.17) is 20.3 Å². The van der Waals surface area contributed by atoms with E-state index in [1.54, 1.807) is 13.0 Å². The van der Waals surface area contributed by atoms with Crippen LogP contribution in [0.5, 0.6) is 17.2 Å². The van der Waals surface area contributed by atoms with Crippen molar-refractivity contribution in [3.8, 4) is 17.2 Å². The van der Waals surface area contributed by atoms with Crippen molar-refractivity contribution >= 4 is 23.2 Å². The predicted octanol–water partition coefficient (Wildman–Crippen LogP) is 2.43. The maximum absolute atomic E-state index is 13.4. The van der Waals surface area contributed by atoms with Crippen molar-refractivity contribution in [3.05, 3.63) is 63.7 Å². The van der Waals surface area contributed by atoms with Crippen LogP contribution >= 0.6 is 0 Å². The molecule has 2 aliphatic rings. The van der Waals surface area contributed by atoms with Crippen LogP contribution < -0.4 is 15.9 Å². The number of fused-ring (bicyclic) bond motifs is 3. The number of carbonyl (C=O) groups excluding carboxylic acids is 3. The number of nitrogens with zero attached hydrogens (tertiary/aromatic N) is 1. The summed E-state index contributed by atoms with van der Waals surface area (Å²) in [5.41, 5.74) is 6.35. The average molecular weight is 716 g/mol. The zero-order valence-electron chi connectivity index (χ0n) is 29.0. The number of amides is 1. The van der Waals surface area contributed by atoms with Crippen molar-refractivity contribution in [1.29, 1.82) is 0 Å². The fourth-order valence-electron chi connectivity index (χ4n) is 5.98. The first-order valence-electron chi connectivity index (χ1n) is 16.5. The zero-order valence-corrected chi connectivity index (χ0v) is 29.0. The van der Waals surface area contributed by atoms with Gasteiger partial charge in [-0.1, -0.05) is 45.1 Å². The van der Waals surface area contributed by atoms with Crippen LogP contribution in [0.15, 0.2) is 35.5 Å². The van der Waals surface area contributed by atoms with Crippen molar-refractivity contribution in [1.82, 2.24) is 5.43 Å². The van der Waals surface area contributed by atoms with E-state index in [0.29, 0.717) is 6.42 Å². The number of ether oxygens (including phenoxy) is 2. The second-order valence-corrected chi connectivity index (χ2v) is 12.5. The normalized spacial score (nSPS) is 18.1. The van der Waals surface area contributed by atoms with E-state index in [-0.39, 0.29) is 90.7 Å². The number of benzene rings is 2. The number of nitrogens with two attached hydrogens (primary N) is 1. The molecule has 9 N–H and O–H groups in total. The first-order valence-corrected chi connectivity index (χ1v) is 16.5. The number of hydrogen-bond donors (Lipinski definition) is 8. The monoisotopic (exact) mass is 715 g/mol. The molecule has 1 amide bonds. The van der Waals surface area contributed by atoms with Crippen LogP contribution in [0.1, 0.15) is 103 Å². The summed E-state index contributed by atoms with van der Waals surface area (Å²) in [6, 6.07) is 3.89. The van der Waals surface area contributed by atoms with Gasteiger partial charge in [0.2, 0.25) is 11.7 Å². The molecular weight excluding hydrogens is 662 g/mol. The maximum Gasteiger partial charge on any atom is 0.240 e. The van der Waals surface area contributed by atoms with E-state index in [1.807, 2.05) is 0 Å². The molecule has 4 rings (SSSR count). The second kappa shape index (κ2) is 18.9. The molecule has 0 radical (unpaired) electrons. The van der Waals surface area contributed by atoms with Crippen molar-refractivity contribution in [2.75, 3.05) is 27.4 Å². The molecule has 0 fully saturated rings. The van der Waals surface area contributed by atoms with E-state index in [0.717, 1.165) is 24.8 Å². The molecule has 282 valence electrons. The van der Waals surface area contributed by atoms with Gasteiger partial charge in [0.1, 0.15) is 22.8 Å². The highest BCUT2D eigenvalue weighted by Crippen LogP contribution is 2.48. The summed E-state index contributed by atoms with van der Waals surface area (Å²) < 4.78 is 10.0. The zero-order chi connectivity index (χ0) is 37.3. The van der Waals surface area contributed by atoms with Gasteiger partial charge in [-0.2, -0.15) is 5.10 Å². The smallest absolute Gasteiger partial charge is 0.240 e. The maximum atomic E-state index is 13.4. The minimum atomic E-state index is -1.79. The van der Waals surface area contributed by atoms with E-state index in [9.17, 15) is 39.9 Å². The summed E-state index contributed by atoms with van der Waals surface area (Å²) in [5, 5.41) is 65.5. The number of allylic oxidation sites excluding steroid dienone is 1. The van der Waals surface area contributed by atoms with Gasteiger partial charge in [0.05, 0.1) is 61.0 Å². The van der Waals surface area contributed by atoms with Gasteiger partial charge in [-0.3, -0.25) is 14.4 Å². The van der Waals surface area contributed by atoms with Crippen LogP contribution in [0.25, 0.3) is 0 Å². The average Bonchev–Trinajstić information content (AvgIpc) is 3.12. The summed E-state index contributed by atoms with van der Waals surface area (Å²) in [5.74, 6) is -2.54. The lowest BCUT2D eigenvalue weighted by Gasteiger charge is -2.36. The standard InChI is InChI=1S/C30H34N2O8.C6H15NO3.CH4/c1-4-5-7-16(2)10-11-22(34)32-31-21(15-33)30(39)13-12-17-19(14-30)28(37)24-25(26(17)35)29(38)23-18(27(24)36)8-6-9-20(23)40-3;1-4(10-2)6(9)5(7)3-8;/h6,8-9,33,35,37,39H,2,4-5,7,10-15H2,1,3H3,(H,32,34);4-6,8-9H,3,7H2,1-2H3;1H4/b31-21+;;/t30-;;/m1../s1. The van der Waals surface area contributed by atoms with Gasteiger partial charge in [0.25, 0.3) is 0 Å². The minimum Gasteiger partial charge on any atom is -0.507 e. The van der Waals surface area contributed by atoms with Crippen molar-refractivity contribution in [2.45, 2.75) is 96.5 Å². The lowest BCUT2D eigenvalue weighted by atomic mass is 9.73.